The molecule has 0 amide bonds. The molecule has 0 unspecified atom stereocenters. The zero-order valence-corrected chi connectivity index (χ0v) is 12.0. The van der Waals surface area contributed by atoms with Crippen molar-refractivity contribution >= 4 is 16.6 Å². The maximum atomic E-state index is 12.1. The van der Waals surface area contributed by atoms with Crippen molar-refractivity contribution in [2.45, 2.75) is 13.8 Å². The lowest BCUT2D eigenvalue weighted by molar-refractivity contribution is -0.384. The highest BCUT2D eigenvalue weighted by molar-refractivity contribution is 5.79. The van der Waals surface area contributed by atoms with Gasteiger partial charge in [0.05, 0.1) is 15.8 Å². The number of non-ortho nitro benzene ring substituents is 1. The first kappa shape index (κ1) is 13.9. The predicted octanol–water partition coefficient (Wildman–Crippen LogP) is 3.38. The van der Waals surface area contributed by atoms with Gasteiger partial charge in [0.2, 0.25) is 5.89 Å². The molecule has 6 nitrogen and oxygen atoms in total. The van der Waals surface area contributed by atoms with Crippen molar-refractivity contribution in [3.8, 4) is 11.5 Å². The number of aromatic nitrogens is 1. The molecule has 0 bridgehead atoms. The van der Waals surface area contributed by atoms with Crippen LogP contribution in [0.25, 0.3) is 22.4 Å². The first-order valence-corrected chi connectivity index (χ1v) is 6.62. The summed E-state index contributed by atoms with van der Waals surface area (Å²) < 4.78 is 5.28. The van der Waals surface area contributed by atoms with E-state index in [1.54, 1.807) is 25.1 Å². The molecule has 0 spiro atoms. The largest absolute Gasteiger partial charge is 0.403 e. The van der Waals surface area contributed by atoms with Gasteiger partial charge in [-0.25, -0.2) is 9.78 Å². The molecule has 0 fully saturated rings. The average molecular weight is 296 g/mol. The molecule has 1 heterocycles. The number of rotatable bonds is 2. The third-order valence-corrected chi connectivity index (χ3v) is 3.43. The van der Waals surface area contributed by atoms with Gasteiger partial charge in [0.15, 0.2) is 0 Å². The van der Waals surface area contributed by atoms with Crippen molar-refractivity contribution in [1.82, 2.24) is 4.98 Å². The Bertz CT molecular complexity index is 960. The lowest BCUT2D eigenvalue weighted by Crippen LogP contribution is -2.04. The summed E-state index contributed by atoms with van der Waals surface area (Å²) in [6.45, 7) is 3.59. The summed E-state index contributed by atoms with van der Waals surface area (Å²) >= 11 is 0. The van der Waals surface area contributed by atoms with Gasteiger partial charge in [-0.15, -0.1) is 0 Å². The predicted molar refractivity (Wildman–Crippen MR) is 81.8 cm³/mol. The van der Waals surface area contributed by atoms with E-state index in [2.05, 4.69) is 4.98 Å². The molecular formula is C16H12N2O4. The molecule has 3 rings (SSSR count). The molecule has 0 saturated carbocycles. The lowest BCUT2D eigenvalue weighted by atomic mass is 10.1. The lowest BCUT2D eigenvalue weighted by Gasteiger charge is -2.05. The second kappa shape index (κ2) is 5.07. The van der Waals surface area contributed by atoms with Crippen molar-refractivity contribution in [1.29, 1.82) is 0 Å². The van der Waals surface area contributed by atoms with Crippen molar-refractivity contribution < 1.29 is 9.34 Å². The number of nitro groups is 1. The highest BCUT2D eigenvalue weighted by Gasteiger charge is 2.14. The van der Waals surface area contributed by atoms with Gasteiger partial charge in [-0.1, -0.05) is 11.6 Å². The van der Waals surface area contributed by atoms with Gasteiger partial charge in [0, 0.05) is 17.7 Å². The molecule has 0 radical (unpaired) electrons. The van der Waals surface area contributed by atoms with E-state index in [0.29, 0.717) is 22.0 Å². The summed E-state index contributed by atoms with van der Waals surface area (Å²) in [5.41, 5.74) is 2.18. The maximum Gasteiger partial charge on any atom is 0.347 e. The summed E-state index contributed by atoms with van der Waals surface area (Å²) in [6, 6.07) is 9.67. The van der Waals surface area contributed by atoms with Crippen LogP contribution >= 0.6 is 0 Å². The van der Waals surface area contributed by atoms with Crippen LogP contribution in [0.4, 0.5) is 5.69 Å². The van der Waals surface area contributed by atoms with E-state index in [4.69, 9.17) is 4.42 Å². The topological polar surface area (TPSA) is 86.2 Å². The summed E-state index contributed by atoms with van der Waals surface area (Å²) in [5, 5.41) is 11.2. The summed E-state index contributed by atoms with van der Waals surface area (Å²) in [6.07, 6.45) is 0. The van der Waals surface area contributed by atoms with Crippen LogP contribution in [0.3, 0.4) is 0 Å². The van der Waals surface area contributed by atoms with Gasteiger partial charge in [-0.05, 0) is 37.6 Å². The zero-order chi connectivity index (χ0) is 15.9. The van der Waals surface area contributed by atoms with Gasteiger partial charge in [0.1, 0.15) is 0 Å². The van der Waals surface area contributed by atoms with E-state index < -0.39 is 10.5 Å². The number of aryl methyl sites for hydroxylation is 2. The fraction of sp³-hybridized carbons (Fsp3) is 0.125. The Morgan fingerprint density at radius 3 is 2.59 bits per heavy atom. The summed E-state index contributed by atoms with van der Waals surface area (Å²) in [5.74, 6) is 0.161. The molecule has 0 aliphatic carbocycles. The van der Waals surface area contributed by atoms with Crippen LogP contribution in [-0.4, -0.2) is 9.91 Å². The summed E-state index contributed by atoms with van der Waals surface area (Å²) in [7, 11) is 0. The molecule has 6 heteroatoms. The minimum atomic E-state index is -0.471. The van der Waals surface area contributed by atoms with Crippen molar-refractivity contribution in [3.05, 3.63) is 68.1 Å². The molecule has 0 aliphatic rings. The van der Waals surface area contributed by atoms with Crippen LogP contribution in [-0.2, 0) is 0 Å². The van der Waals surface area contributed by atoms with Gasteiger partial charge < -0.3 is 4.42 Å². The van der Waals surface area contributed by atoms with Gasteiger partial charge in [-0.2, -0.15) is 0 Å². The SMILES string of the molecule is Cc1ccc2nc(-c3ccc([N+](=O)[O-])cc3C)oc(=O)c2c1. The smallest absolute Gasteiger partial charge is 0.347 e. The standard InChI is InChI=1S/C16H12N2O4/c1-9-3-6-14-13(7-9)16(19)22-15(17-14)12-5-4-11(18(20)21)8-10(12)2/h3-8H,1-2H3. The molecular weight excluding hydrogens is 284 g/mol. The Kier molecular flexibility index (Phi) is 3.21. The number of nitro benzene ring substituents is 1. The first-order valence-electron chi connectivity index (χ1n) is 6.62. The molecule has 110 valence electrons. The van der Waals surface area contributed by atoms with E-state index in [1.807, 2.05) is 13.0 Å². The third kappa shape index (κ3) is 2.35. The molecule has 3 aromatic rings. The Morgan fingerprint density at radius 2 is 1.91 bits per heavy atom. The van der Waals surface area contributed by atoms with E-state index in [9.17, 15) is 14.9 Å². The van der Waals surface area contributed by atoms with Crippen LogP contribution in [0.5, 0.6) is 0 Å². The van der Waals surface area contributed by atoms with Gasteiger partial charge in [-0.3, -0.25) is 10.1 Å². The number of nitrogens with zero attached hydrogens (tertiary/aromatic N) is 2. The second-order valence-electron chi connectivity index (χ2n) is 5.08. The van der Waals surface area contributed by atoms with Crippen LogP contribution in [0, 0.1) is 24.0 Å². The minimum absolute atomic E-state index is 0.0139. The maximum absolute atomic E-state index is 12.1. The molecule has 0 N–H and O–H groups in total. The summed E-state index contributed by atoms with van der Waals surface area (Å²) in [4.78, 5) is 26.8. The number of hydrogen-bond donors (Lipinski definition) is 0. The fourth-order valence-electron chi connectivity index (χ4n) is 2.30. The molecule has 0 saturated heterocycles. The van der Waals surface area contributed by atoms with Crippen LogP contribution in [0.1, 0.15) is 11.1 Å². The molecule has 22 heavy (non-hydrogen) atoms. The molecule has 0 aliphatic heterocycles. The average Bonchev–Trinajstić information content (AvgIpc) is 2.47. The van der Waals surface area contributed by atoms with Crippen molar-refractivity contribution in [3.63, 3.8) is 0 Å². The van der Waals surface area contributed by atoms with Crippen molar-refractivity contribution in [2.24, 2.45) is 0 Å². The van der Waals surface area contributed by atoms with E-state index >= 15 is 0 Å². The minimum Gasteiger partial charge on any atom is -0.403 e. The number of benzene rings is 2. The fourth-order valence-corrected chi connectivity index (χ4v) is 2.30. The van der Waals surface area contributed by atoms with Crippen molar-refractivity contribution in [2.75, 3.05) is 0 Å². The Labute approximate surface area is 125 Å². The number of hydrogen-bond acceptors (Lipinski definition) is 5. The Balaban J connectivity index is 2.21. The highest BCUT2D eigenvalue weighted by atomic mass is 16.6. The van der Waals surface area contributed by atoms with E-state index in [0.717, 1.165) is 5.56 Å². The van der Waals surface area contributed by atoms with Crippen LogP contribution in [0.15, 0.2) is 45.6 Å². The van der Waals surface area contributed by atoms with E-state index in [1.165, 1.54) is 12.1 Å². The Hall–Kier alpha value is -3.02. The normalized spacial score (nSPS) is 10.8. The van der Waals surface area contributed by atoms with Crippen LogP contribution in [0.2, 0.25) is 0 Å². The highest BCUT2D eigenvalue weighted by Crippen LogP contribution is 2.26. The quantitative estimate of drug-likeness (QED) is 0.534. The Morgan fingerprint density at radius 1 is 1.14 bits per heavy atom. The van der Waals surface area contributed by atoms with E-state index in [-0.39, 0.29) is 11.6 Å². The van der Waals surface area contributed by atoms with Gasteiger partial charge in [0.25, 0.3) is 5.69 Å². The number of fused-ring (bicyclic) bond motifs is 1. The first-order chi connectivity index (χ1) is 10.5. The van der Waals surface area contributed by atoms with Gasteiger partial charge >= 0.3 is 5.63 Å². The molecule has 0 atom stereocenters. The third-order valence-electron chi connectivity index (χ3n) is 3.43. The second-order valence-corrected chi connectivity index (χ2v) is 5.08. The zero-order valence-electron chi connectivity index (χ0n) is 12.0. The molecule has 2 aromatic carbocycles. The monoisotopic (exact) mass is 296 g/mol. The molecule has 1 aromatic heterocycles. The van der Waals surface area contributed by atoms with Crippen LogP contribution < -0.4 is 5.63 Å².